The zero-order valence-corrected chi connectivity index (χ0v) is 32.6. The Balaban J connectivity index is 1.21. The SMILES string of the molecule is CCOc1ccc2c(c1)CC(NCCCCO)C(=O)N2c1ccc2c(c1)[C@](O)([C@@H](C)/C=C/CC(=O)N1Cc3ccccc3C[C@H]1CO)C(=O)N2Cc1ccccc1. The number of unbranched alkanes of at least 4 members (excludes halogenated alkanes) is 1. The number of nitrogens with one attached hydrogen (secondary N) is 1. The Morgan fingerprint density at radius 1 is 0.930 bits per heavy atom. The Morgan fingerprint density at radius 2 is 1.68 bits per heavy atom. The molecule has 4 aromatic carbocycles. The van der Waals surface area contributed by atoms with Crippen molar-refractivity contribution in [3.05, 3.63) is 131 Å². The molecule has 4 N–H and O–H groups in total. The van der Waals surface area contributed by atoms with Gasteiger partial charge >= 0.3 is 0 Å². The first-order chi connectivity index (χ1) is 27.7. The molecule has 11 heteroatoms. The van der Waals surface area contributed by atoms with Crippen molar-refractivity contribution < 1.29 is 34.4 Å². The van der Waals surface area contributed by atoms with E-state index in [0.717, 1.165) is 22.3 Å². The van der Waals surface area contributed by atoms with Crippen molar-refractivity contribution in [3.8, 4) is 5.75 Å². The van der Waals surface area contributed by atoms with E-state index in [4.69, 9.17) is 4.74 Å². The minimum absolute atomic E-state index is 0.0311. The molecule has 3 amide bonds. The maximum absolute atomic E-state index is 14.6. The van der Waals surface area contributed by atoms with Gasteiger partial charge in [0.1, 0.15) is 5.75 Å². The van der Waals surface area contributed by atoms with Crippen molar-refractivity contribution in [1.29, 1.82) is 0 Å². The molecule has 11 nitrogen and oxygen atoms in total. The van der Waals surface area contributed by atoms with Crippen LogP contribution < -0.4 is 19.9 Å². The first-order valence-corrected chi connectivity index (χ1v) is 20.0. The minimum Gasteiger partial charge on any atom is -0.494 e. The van der Waals surface area contributed by atoms with Crippen LogP contribution in [0.5, 0.6) is 5.75 Å². The van der Waals surface area contributed by atoms with E-state index in [-0.39, 0.29) is 44.0 Å². The minimum atomic E-state index is -2.01. The molecule has 298 valence electrons. The molecule has 0 aliphatic carbocycles. The van der Waals surface area contributed by atoms with Crippen LogP contribution in [0.3, 0.4) is 0 Å². The normalized spacial score (nSPS) is 20.8. The van der Waals surface area contributed by atoms with Gasteiger partial charge in [-0.15, -0.1) is 0 Å². The van der Waals surface area contributed by atoms with Crippen molar-refractivity contribution in [2.75, 3.05) is 36.2 Å². The van der Waals surface area contributed by atoms with Gasteiger partial charge in [-0.3, -0.25) is 19.3 Å². The average Bonchev–Trinajstić information content (AvgIpc) is 3.44. The van der Waals surface area contributed by atoms with Gasteiger partial charge in [-0.2, -0.15) is 0 Å². The molecule has 0 aromatic heterocycles. The Hall–Kier alpha value is -5.33. The summed E-state index contributed by atoms with van der Waals surface area (Å²) in [4.78, 5) is 47.4. The summed E-state index contributed by atoms with van der Waals surface area (Å²) in [6.45, 7) is 5.29. The quantitative estimate of drug-likeness (QED) is 0.0943. The molecule has 4 atom stereocenters. The predicted molar refractivity (Wildman–Crippen MR) is 219 cm³/mol. The van der Waals surface area contributed by atoms with E-state index in [1.807, 2.05) is 85.8 Å². The summed E-state index contributed by atoms with van der Waals surface area (Å²) in [7, 11) is 0. The second kappa shape index (κ2) is 17.4. The summed E-state index contributed by atoms with van der Waals surface area (Å²) >= 11 is 0. The van der Waals surface area contributed by atoms with Gasteiger partial charge in [0.05, 0.1) is 43.2 Å². The van der Waals surface area contributed by atoms with Crippen molar-refractivity contribution in [2.45, 2.75) is 76.7 Å². The zero-order chi connectivity index (χ0) is 40.1. The van der Waals surface area contributed by atoms with Gasteiger partial charge in [-0.05, 0) is 97.8 Å². The van der Waals surface area contributed by atoms with Crippen LogP contribution in [0.2, 0.25) is 0 Å². The molecule has 0 bridgehead atoms. The zero-order valence-electron chi connectivity index (χ0n) is 32.6. The van der Waals surface area contributed by atoms with Crippen LogP contribution in [-0.2, 0) is 45.9 Å². The highest BCUT2D eigenvalue weighted by Gasteiger charge is 2.53. The number of benzene rings is 4. The standard InChI is InChI=1S/C46H52N4O7/c1-3-57-38-19-21-41-35(25-38)26-40(47-22-9-10-23-51)44(54)50(41)36-18-20-42-39(27-36)46(56,45(55)49(42)28-32-13-5-4-6-14-32)31(2)12-11-17-43(53)48-29-34-16-8-7-15-33(34)24-37(48)30-52/h4-8,11-16,18-21,25,27,31,37,40,47,51-52,56H,3,9-10,17,22-24,26,28-30H2,1-2H3/b12-11+/t31-,37-,40?,46+/m0/s1. The first kappa shape index (κ1) is 39.9. The van der Waals surface area contributed by atoms with E-state index >= 15 is 0 Å². The molecule has 3 aliphatic rings. The van der Waals surface area contributed by atoms with Crippen LogP contribution in [0.1, 0.15) is 60.9 Å². The van der Waals surface area contributed by atoms with Crippen molar-refractivity contribution >= 4 is 34.8 Å². The highest BCUT2D eigenvalue weighted by atomic mass is 16.5. The van der Waals surface area contributed by atoms with Gasteiger partial charge in [-0.25, -0.2) is 0 Å². The van der Waals surface area contributed by atoms with Gasteiger partial charge < -0.3 is 35.2 Å². The summed E-state index contributed by atoms with van der Waals surface area (Å²) in [5, 5.41) is 35.6. The smallest absolute Gasteiger partial charge is 0.264 e. The first-order valence-electron chi connectivity index (χ1n) is 20.0. The number of hydrogen-bond acceptors (Lipinski definition) is 8. The predicted octanol–water partition coefficient (Wildman–Crippen LogP) is 5.30. The van der Waals surface area contributed by atoms with Crippen LogP contribution in [0.25, 0.3) is 0 Å². The van der Waals surface area contributed by atoms with Gasteiger partial charge in [0.2, 0.25) is 11.8 Å². The molecule has 1 unspecified atom stereocenters. The lowest BCUT2D eigenvalue weighted by molar-refractivity contribution is -0.139. The molecule has 0 fully saturated rings. The topological polar surface area (TPSA) is 143 Å². The molecule has 0 radical (unpaired) electrons. The van der Waals surface area contributed by atoms with E-state index in [0.29, 0.717) is 73.8 Å². The van der Waals surface area contributed by atoms with Crippen LogP contribution in [0.15, 0.2) is 103 Å². The number of hydrogen-bond donors (Lipinski definition) is 4. The largest absolute Gasteiger partial charge is 0.494 e. The number of carbonyl (C=O) groups is 3. The van der Waals surface area contributed by atoms with Gasteiger partial charge in [0.15, 0.2) is 5.60 Å². The summed E-state index contributed by atoms with van der Waals surface area (Å²) < 4.78 is 5.81. The molecule has 7 rings (SSSR count). The van der Waals surface area contributed by atoms with Gasteiger partial charge in [0, 0.05) is 36.7 Å². The fourth-order valence-electron chi connectivity index (χ4n) is 8.39. The number of carbonyl (C=O) groups excluding carboxylic acids is 3. The third-order valence-electron chi connectivity index (χ3n) is 11.5. The van der Waals surface area contributed by atoms with Crippen molar-refractivity contribution in [3.63, 3.8) is 0 Å². The van der Waals surface area contributed by atoms with E-state index in [9.17, 15) is 29.7 Å². The number of fused-ring (bicyclic) bond motifs is 3. The number of ether oxygens (including phenoxy) is 1. The van der Waals surface area contributed by atoms with Crippen LogP contribution in [0.4, 0.5) is 17.1 Å². The Labute approximate surface area is 334 Å². The van der Waals surface area contributed by atoms with E-state index in [1.165, 1.54) is 0 Å². The molecule has 3 heterocycles. The van der Waals surface area contributed by atoms with Crippen LogP contribution in [-0.4, -0.2) is 76.4 Å². The highest BCUT2D eigenvalue weighted by molar-refractivity contribution is 6.10. The fourth-order valence-corrected chi connectivity index (χ4v) is 8.39. The van der Waals surface area contributed by atoms with Gasteiger partial charge in [-0.1, -0.05) is 73.7 Å². The van der Waals surface area contributed by atoms with E-state index < -0.39 is 23.5 Å². The Bertz CT molecular complexity index is 2120. The number of nitrogens with zero attached hydrogens (tertiary/aromatic N) is 3. The third-order valence-corrected chi connectivity index (χ3v) is 11.5. The highest BCUT2D eigenvalue weighted by Crippen LogP contribution is 2.48. The average molecular weight is 773 g/mol. The lowest BCUT2D eigenvalue weighted by Crippen LogP contribution is -2.49. The van der Waals surface area contributed by atoms with E-state index in [1.54, 1.807) is 45.9 Å². The van der Waals surface area contributed by atoms with Crippen LogP contribution in [0, 0.1) is 5.92 Å². The molecular formula is C46H52N4O7. The van der Waals surface area contributed by atoms with Crippen molar-refractivity contribution in [2.24, 2.45) is 5.92 Å². The monoisotopic (exact) mass is 772 g/mol. The summed E-state index contributed by atoms with van der Waals surface area (Å²) in [5.41, 5.74) is 4.08. The second-order valence-electron chi connectivity index (χ2n) is 15.1. The fraction of sp³-hybridized carbons (Fsp3) is 0.370. The number of rotatable bonds is 15. The lowest BCUT2D eigenvalue weighted by atomic mass is 9.82. The molecule has 57 heavy (non-hydrogen) atoms. The molecule has 3 aliphatic heterocycles. The van der Waals surface area contributed by atoms with Crippen molar-refractivity contribution in [1.82, 2.24) is 10.2 Å². The number of anilines is 3. The second-order valence-corrected chi connectivity index (χ2v) is 15.1. The summed E-state index contributed by atoms with van der Waals surface area (Å²) in [5.74, 6) is -0.879. The molecule has 0 saturated carbocycles. The van der Waals surface area contributed by atoms with Crippen LogP contribution >= 0.6 is 0 Å². The molecule has 0 spiro atoms. The number of aliphatic hydroxyl groups is 3. The Kier molecular flexibility index (Phi) is 12.2. The Morgan fingerprint density at radius 3 is 2.44 bits per heavy atom. The summed E-state index contributed by atoms with van der Waals surface area (Å²) in [6, 6.07) is 27.7. The molecule has 4 aromatic rings. The molecule has 0 saturated heterocycles. The third kappa shape index (κ3) is 7.98. The summed E-state index contributed by atoms with van der Waals surface area (Å²) in [6.07, 6.45) is 5.80. The van der Waals surface area contributed by atoms with E-state index in [2.05, 4.69) is 5.32 Å². The lowest BCUT2D eigenvalue weighted by Gasteiger charge is -2.36. The number of aliphatic hydroxyl groups excluding tert-OH is 2. The van der Waals surface area contributed by atoms with Gasteiger partial charge in [0.25, 0.3) is 5.91 Å². The number of amides is 3. The molecular weight excluding hydrogens is 721 g/mol. The maximum Gasteiger partial charge on any atom is 0.264 e. The maximum atomic E-state index is 14.6.